The molecule has 1 N–H and O–H groups in total. The fraction of sp³-hybridized carbons (Fsp3) is 0.158. The number of fused-ring (bicyclic) bond motifs is 2. The number of rotatable bonds is 2. The molecule has 26 heavy (non-hydrogen) atoms. The van der Waals surface area contributed by atoms with Crippen molar-refractivity contribution in [3.8, 4) is 11.1 Å². The van der Waals surface area contributed by atoms with E-state index in [-0.39, 0.29) is 5.91 Å². The van der Waals surface area contributed by atoms with Crippen LogP contribution in [0.25, 0.3) is 32.4 Å². The maximum absolute atomic E-state index is 12.5. The summed E-state index contributed by atoms with van der Waals surface area (Å²) < 4.78 is 0. The molecule has 0 unspecified atom stereocenters. The normalized spacial score (nSPS) is 11.2. The van der Waals surface area contributed by atoms with Crippen molar-refractivity contribution in [3.63, 3.8) is 0 Å². The first-order valence-corrected chi connectivity index (χ1v) is 9.23. The molecule has 0 aliphatic heterocycles. The second-order valence-corrected chi connectivity index (χ2v) is 7.34. The number of thiophene rings is 1. The van der Waals surface area contributed by atoms with Crippen molar-refractivity contribution < 1.29 is 4.79 Å². The first kappa shape index (κ1) is 16.9. The van der Waals surface area contributed by atoms with Crippen LogP contribution in [0.5, 0.6) is 0 Å². The molecule has 0 radical (unpaired) electrons. The monoisotopic (exact) mass is 382 g/mol. The van der Waals surface area contributed by atoms with Crippen LogP contribution in [0.4, 0.5) is 0 Å². The Bertz CT molecular complexity index is 1190. The minimum atomic E-state index is -0.143. The molecule has 5 nitrogen and oxygen atoms in total. The topological polar surface area (TPSA) is 67.8 Å². The minimum Gasteiger partial charge on any atom is -0.354 e. The number of hydrogen-bond acceptors (Lipinski definition) is 5. The van der Waals surface area contributed by atoms with Crippen molar-refractivity contribution in [2.45, 2.75) is 13.8 Å². The minimum absolute atomic E-state index is 0.143. The molecule has 3 aromatic heterocycles. The molecule has 1 aromatic carbocycles. The molecule has 0 spiro atoms. The van der Waals surface area contributed by atoms with Gasteiger partial charge in [0.2, 0.25) is 0 Å². The maximum atomic E-state index is 12.5. The smallest absolute Gasteiger partial charge is 0.261 e. The molecule has 0 aliphatic carbocycles. The molecule has 0 aliphatic rings. The fourth-order valence-electron chi connectivity index (χ4n) is 3.10. The number of carbonyl (C=O) groups excluding carboxylic acids is 1. The predicted molar refractivity (Wildman–Crippen MR) is 106 cm³/mol. The lowest BCUT2D eigenvalue weighted by Gasteiger charge is -2.09. The number of aryl methyl sites for hydroxylation is 2. The van der Waals surface area contributed by atoms with Gasteiger partial charge in [-0.2, -0.15) is 0 Å². The highest BCUT2D eigenvalue weighted by atomic mass is 35.5. The molecule has 4 rings (SSSR count). The van der Waals surface area contributed by atoms with Crippen LogP contribution in [0.15, 0.2) is 30.6 Å². The highest BCUT2D eigenvalue weighted by molar-refractivity contribution is 7.21. The number of nitrogens with zero attached hydrogens (tertiary/aromatic N) is 3. The van der Waals surface area contributed by atoms with E-state index in [1.165, 1.54) is 11.3 Å². The number of amides is 1. The third kappa shape index (κ3) is 2.53. The Hall–Kier alpha value is -2.57. The van der Waals surface area contributed by atoms with Crippen LogP contribution in [-0.4, -0.2) is 27.9 Å². The number of pyridine rings is 1. The van der Waals surface area contributed by atoms with Gasteiger partial charge in [0.05, 0.1) is 21.7 Å². The molecule has 0 bridgehead atoms. The van der Waals surface area contributed by atoms with Gasteiger partial charge < -0.3 is 5.32 Å². The van der Waals surface area contributed by atoms with Gasteiger partial charge in [0, 0.05) is 30.4 Å². The van der Waals surface area contributed by atoms with E-state index >= 15 is 0 Å². The van der Waals surface area contributed by atoms with Gasteiger partial charge >= 0.3 is 0 Å². The lowest BCUT2D eigenvalue weighted by atomic mass is 9.99. The lowest BCUT2D eigenvalue weighted by molar-refractivity contribution is 0.0967. The van der Waals surface area contributed by atoms with E-state index < -0.39 is 0 Å². The SMILES string of the molecule is CNC(=O)c1sc2nc(C)c(Cl)c(C)c2c1-c1ccc2nccnc2c1. The second-order valence-electron chi connectivity index (χ2n) is 5.96. The standard InChI is InChI=1S/C19H15ClN4OS/c1-9-14-15(11-4-5-12-13(8-11)23-7-6-22-12)17(18(25)21-3)26-19(14)24-10(2)16(9)20/h4-8H,1-3H3,(H,21,25). The average molecular weight is 383 g/mol. The summed E-state index contributed by atoms with van der Waals surface area (Å²) in [6, 6.07) is 5.81. The van der Waals surface area contributed by atoms with Crippen molar-refractivity contribution in [1.29, 1.82) is 0 Å². The molecular formula is C19H15ClN4OS. The summed E-state index contributed by atoms with van der Waals surface area (Å²) in [5, 5.41) is 4.26. The molecular weight excluding hydrogens is 368 g/mol. The summed E-state index contributed by atoms with van der Waals surface area (Å²) in [6.07, 6.45) is 3.32. The lowest BCUT2D eigenvalue weighted by Crippen LogP contribution is -2.17. The van der Waals surface area contributed by atoms with Gasteiger partial charge in [-0.05, 0) is 37.1 Å². The van der Waals surface area contributed by atoms with Gasteiger partial charge in [-0.25, -0.2) is 4.98 Å². The van der Waals surface area contributed by atoms with Gasteiger partial charge in [-0.15, -0.1) is 11.3 Å². The molecule has 3 heterocycles. The average Bonchev–Trinajstić information content (AvgIpc) is 3.04. The first-order valence-electron chi connectivity index (χ1n) is 8.03. The van der Waals surface area contributed by atoms with Crippen molar-refractivity contribution in [2.75, 3.05) is 7.05 Å². The van der Waals surface area contributed by atoms with Gasteiger partial charge in [0.25, 0.3) is 5.91 Å². The summed E-state index contributed by atoms with van der Waals surface area (Å²) >= 11 is 7.83. The third-order valence-electron chi connectivity index (χ3n) is 4.37. The third-order valence-corrected chi connectivity index (χ3v) is 6.01. The van der Waals surface area contributed by atoms with E-state index in [0.717, 1.165) is 43.6 Å². The summed E-state index contributed by atoms with van der Waals surface area (Å²) in [5.74, 6) is -0.143. The van der Waals surface area contributed by atoms with Crippen molar-refractivity contribution in [1.82, 2.24) is 20.3 Å². The van der Waals surface area contributed by atoms with Crippen LogP contribution in [0.3, 0.4) is 0 Å². The Labute approximate surface area is 159 Å². The van der Waals surface area contributed by atoms with E-state index in [0.29, 0.717) is 9.90 Å². The number of benzene rings is 1. The Morgan fingerprint density at radius 3 is 2.62 bits per heavy atom. The molecule has 130 valence electrons. The van der Waals surface area contributed by atoms with Gasteiger partial charge in [0.15, 0.2) is 0 Å². The molecule has 7 heteroatoms. The first-order chi connectivity index (χ1) is 12.5. The van der Waals surface area contributed by atoms with Crippen molar-refractivity contribution in [3.05, 3.63) is 51.7 Å². The van der Waals surface area contributed by atoms with Crippen LogP contribution in [0.2, 0.25) is 5.02 Å². The largest absolute Gasteiger partial charge is 0.354 e. The fourth-order valence-corrected chi connectivity index (χ4v) is 4.48. The van der Waals surface area contributed by atoms with E-state index in [9.17, 15) is 4.79 Å². The summed E-state index contributed by atoms with van der Waals surface area (Å²) in [4.78, 5) is 27.2. The van der Waals surface area contributed by atoms with Crippen LogP contribution in [0.1, 0.15) is 20.9 Å². The van der Waals surface area contributed by atoms with Gasteiger partial charge in [-0.1, -0.05) is 17.7 Å². The van der Waals surface area contributed by atoms with E-state index in [4.69, 9.17) is 11.6 Å². The zero-order valence-electron chi connectivity index (χ0n) is 14.4. The Balaban J connectivity index is 2.11. The highest BCUT2D eigenvalue weighted by Gasteiger charge is 2.23. The zero-order valence-corrected chi connectivity index (χ0v) is 16.0. The van der Waals surface area contributed by atoms with Crippen molar-refractivity contribution >= 4 is 50.1 Å². The number of aromatic nitrogens is 3. The number of hydrogen-bond donors (Lipinski definition) is 1. The molecule has 0 fully saturated rings. The summed E-state index contributed by atoms with van der Waals surface area (Å²) in [7, 11) is 1.63. The van der Waals surface area contributed by atoms with Crippen LogP contribution >= 0.6 is 22.9 Å². The summed E-state index contributed by atoms with van der Waals surface area (Å²) in [5.41, 5.74) is 5.00. The van der Waals surface area contributed by atoms with E-state index in [2.05, 4.69) is 20.3 Å². The Morgan fingerprint density at radius 2 is 1.88 bits per heavy atom. The zero-order chi connectivity index (χ0) is 18.4. The van der Waals surface area contributed by atoms with Crippen LogP contribution in [0, 0.1) is 13.8 Å². The van der Waals surface area contributed by atoms with E-state index in [1.807, 2.05) is 32.0 Å². The number of halogens is 1. The molecule has 0 atom stereocenters. The second kappa shape index (κ2) is 6.30. The summed E-state index contributed by atoms with van der Waals surface area (Å²) in [6.45, 7) is 3.84. The molecule has 4 aromatic rings. The van der Waals surface area contributed by atoms with Crippen molar-refractivity contribution in [2.24, 2.45) is 0 Å². The van der Waals surface area contributed by atoms with Crippen LogP contribution < -0.4 is 5.32 Å². The number of carbonyl (C=O) groups is 1. The Kier molecular flexibility index (Phi) is 4.09. The van der Waals surface area contributed by atoms with E-state index in [1.54, 1.807) is 19.4 Å². The number of nitrogens with one attached hydrogen (secondary N) is 1. The molecule has 1 amide bonds. The van der Waals surface area contributed by atoms with Gasteiger partial charge in [0.1, 0.15) is 9.71 Å². The van der Waals surface area contributed by atoms with Gasteiger partial charge in [-0.3, -0.25) is 14.8 Å². The maximum Gasteiger partial charge on any atom is 0.261 e. The quantitative estimate of drug-likeness (QED) is 0.552. The highest BCUT2D eigenvalue weighted by Crippen LogP contribution is 2.42. The van der Waals surface area contributed by atoms with Crippen LogP contribution in [-0.2, 0) is 0 Å². The molecule has 0 saturated heterocycles. The predicted octanol–water partition coefficient (Wildman–Crippen LogP) is 4.54. The Morgan fingerprint density at radius 1 is 1.15 bits per heavy atom. The molecule has 0 saturated carbocycles.